The van der Waals surface area contributed by atoms with Crippen LogP contribution in [0.4, 0.5) is 0 Å². The Labute approximate surface area is 114 Å². The molecule has 0 aliphatic carbocycles. The highest BCUT2D eigenvalue weighted by molar-refractivity contribution is 6.05. The molecule has 0 atom stereocenters. The lowest BCUT2D eigenvalue weighted by molar-refractivity contribution is 0.0646. The summed E-state index contributed by atoms with van der Waals surface area (Å²) in [5, 5.41) is 23.5. The zero-order valence-electron chi connectivity index (χ0n) is 11.5. The maximum Gasteiger partial charge on any atom is 0.355 e. The fourth-order valence-corrected chi connectivity index (χ4v) is 2.42. The minimum atomic E-state index is -1.35. The molecule has 2 heterocycles. The quantitative estimate of drug-likeness (QED) is 0.877. The molecule has 0 aromatic carbocycles. The first-order chi connectivity index (χ1) is 9.42. The fraction of sp³-hybridized carbons (Fsp3) is 0.385. The molecule has 0 spiro atoms. The van der Waals surface area contributed by atoms with E-state index in [1.807, 2.05) is 6.92 Å². The molecule has 106 valence electrons. The zero-order chi connectivity index (χ0) is 15.0. The molecule has 0 fully saturated rings. The Morgan fingerprint density at radius 3 is 2.25 bits per heavy atom. The molecule has 7 nitrogen and oxygen atoms in total. The number of carboxylic acid groups (broad SMARTS) is 2. The third-order valence-corrected chi connectivity index (χ3v) is 3.25. The van der Waals surface area contributed by atoms with Gasteiger partial charge in [0.1, 0.15) is 0 Å². The van der Waals surface area contributed by atoms with Gasteiger partial charge in [-0.2, -0.15) is 5.10 Å². The average Bonchev–Trinajstić information content (AvgIpc) is 2.73. The smallest absolute Gasteiger partial charge is 0.355 e. The number of nitrogens with zero attached hydrogens (tertiary/aromatic N) is 3. The molecule has 2 N–H and O–H groups in total. The molecule has 7 heteroatoms. The highest BCUT2D eigenvalue weighted by atomic mass is 16.4. The second-order valence-electron chi connectivity index (χ2n) is 4.40. The summed E-state index contributed by atoms with van der Waals surface area (Å²) in [7, 11) is 1.67. The number of aromatic carboxylic acids is 2. The normalized spacial score (nSPS) is 10.9. The van der Waals surface area contributed by atoms with Crippen LogP contribution in [0, 0.1) is 0 Å². The zero-order valence-corrected chi connectivity index (χ0v) is 11.5. The minimum absolute atomic E-state index is 0.241. The molecule has 2 aromatic heterocycles. The van der Waals surface area contributed by atoms with E-state index in [4.69, 9.17) is 0 Å². The predicted octanol–water partition coefficient (Wildman–Crippen LogP) is 1.49. The van der Waals surface area contributed by atoms with E-state index in [2.05, 4.69) is 10.1 Å². The molecule has 0 radical (unpaired) electrons. The van der Waals surface area contributed by atoms with Gasteiger partial charge in [-0.25, -0.2) is 14.6 Å². The minimum Gasteiger partial charge on any atom is -0.478 e. The third-order valence-electron chi connectivity index (χ3n) is 3.25. The first-order valence-electron chi connectivity index (χ1n) is 6.27. The molecular formula is C13H15N3O4. The van der Waals surface area contributed by atoms with Crippen LogP contribution in [0.15, 0.2) is 0 Å². The van der Waals surface area contributed by atoms with Crippen molar-refractivity contribution in [2.75, 3.05) is 0 Å². The number of pyridine rings is 1. The Morgan fingerprint density at radius 1 is 1.15 bits per heavy atom. The molecule has 20 heavy (non-hydrogen) atoms. The van der Waals surface area contributed by atoms with Crippen LogP contribution in [-0.4, -0.2) is 36.9 Å². The number of aromatic nitrogens is 3. The Hall–Kier alpha value is -2.44. The fourth-order valence-electron chi connectivity index (χ4n) is 2.42. The van der Waals surface area contributed by atoms with Crippen molar-refractivity contribution in [3.63, 3.8) is 0 Å². The Balaban J connectivity index is 3.03. The first-order valence-corrected chi connectivity index (χ1v) is 6.27. The van der Waals surface area contributed by atoms with Gasteiger partial charge in [0.25, 0.3) is 0 Å². The molecule has 2 aromatic rings. The summed E-state index contributed by atoms with van der Waals surface area (Å²) in [6.07, 6.45) is 1.02. The maximum absolute atomic E-state index is 11.4. The van der Waals surface area contributed by atoms with Crippen LogP contribution >= 0.6 is 0 Å². The van der Waals surface area contributed by atoms with Gasteiger partial charge in [0.15, 0.2) is 11.3 Å². The van der Waals surface area contributed by atoms with E-state index in [0.717, 1.165) is 5.69 Å². The molecule has 2 rings (SSSR count). The van der Waals surface area contributed by atoms with Crippen LogP contribution in [0.1, 0.15) is 46.0 Å². The summed E-state index contributed by atoms with van der Waals surface area (Å²) in [6.45, 7) is 3.70. The number of fused-ring (bicyclic) bond motifs is 1. The number of hydrogen-bond acceptors (Lipinski definition) is 4. The lowest BCUT2D eigenvalue weighted by Gasteiger charge is -2.09. The van der Waals surface area contributed by atoms with E-state index >= 15 is 0 Å². The average molecular weight is 277 g/mol. The van der Waals surface area contributed by atoms with Gasteiger partial charge in [0.2, 0.25) is 0 Å². The van der Waals surface area contributed by atoms with E-state index in [1.165, 1.54) is 4.68 Å². The van der Waals surface area contributed by atoms with Crippen molar-refractivity contribution >= 4 is 23.0 Å². The number of aryl methyl sites for hydroxylation is 3. The summed E-state index contributed by atoms with van der Waals surface area (Å²) in [5.41, 5.74) is 0.931. The molecular weight excluding hydrogens is 262 g/mol. The van der Waals surface area contributed by atoms with Gasteiger partial charge in [0.05, 0.1) is 11.3 Å². The monoisotopic (exact) mass is 277 g/mol. The number of hydrogen-bond donors (Lipinski definition) is 2. The van der Waals surface area contributed by atoms with E-state index < -0.39 is 17.6 Å². The van der Waals surface area contributed by atoms with E-state index in [1.54, 1.807) is 14.0 Å². The van der Waals surface area contributed by atoms with Crippen LogP contribution < -0.4 is 0 Å². The van der Waals surface area contributed by atoms with Crippen molar-refractivity contribution in [2.24, 2.45) is 7.05 Å². The summed E-state index contributed by atoms with van der Waals surface area (Å²) < 4.78 is 1.49. The highest BCUT2D eigenvalue weighted by Gasteiger charge is 2.26. The summed E-state index contributed by atoms with van der Waals surface area (Å²) >= 11 is 0. The van der Waals surface area contributed by atoms with Gasteiger partial charge in [-0.05, 0) is 18.4 Å². The van der Waals surface area contributed by atoms with Crippen LogP contribution in [0.2, 0.25) is 0 Å². The van der Waals surface area contributed by atoms with E-state index in [9.17, 15) is 19.8 Å². The SMILES string of the molecule is CCc1nn(C)c2nc(C(=O)O)c(C(=O)O)c(CC)c12. The Morgan fingerprint density at radius 2 is 1.80 bits per heavy atom. The van der Waals surface area contributed by atoms with E-state index in [0.29, 0.717) is 29.4 Å². The lowest BCUT2D eigenvalue weighted by Crippen LogP contribution is -2.15. The van der Waals surface area contributed by atoms with Gasteiger partial charge in [-0.3, -0.25) is 4.68 Å². The van der Waals surface area contributed by atoms with Gasteiger partial charge < -0.3 is 10.2 Å². The predicted molar refractivity (Wildman–Crippen MR) is 71.2 cm³/mol. The van der Waals surface area contributed by atoms with Gasteiger partial charge in [-0.1, -0.05) is 13.8 Å². The maximum atomic E-state index is 11.4. The summed E-state index contributed by atoms with van der Waals surface area (Å²) in [5.74, 6) is -2.63. The van der Waals surface area contributed by atoms with Gasteiger partial charge in [0, 0.05) is 12.4 Å². The molecule has 0 amide bonds. The van der Waals surface area contributed by atoms with Gasteiger partial charge >= 0.3 is 11.9 Å². The van der Waals surface area contributed by atoms with Crippen LogP contribution in [0.5, 0.6) is 0 Å². The van der Waals surface area contributed by atoms with Crippen LogP contribution in [-0.2, 0) is 19.9 Å². The molecule has 0 bridgehead atoms. The number of carboxylic acids is 2. The molecule has 0 unspecified atom stereocenters. The molecule has 0 aliphatic rings. The van der Waals surface area contributed by atoms with Crippen molar-refractivity contribution < 1.29 is 19.8 Å². The van der Waals surface area contributed by atoms with Gasteiger partial charge in [-0.15, -0.1) is 0 Å². The topological polar surface area (TPSA) is 105 Å². The van der Waals surface area contributed by atoms with E-state index in [-0.39, 0.29) is 5.56 Å². The number of rotatable bonds is 4. The van der Waals surface area contributed by atoms with Crippen molar-refractivity contribution in [1.29, 1.82) is 0 Å². The van der Waals surface area contributed by atoms with Crippen LogP contribution in [0.3, 0.4) is 0 Å². The summed E-state index contributed by atoms with van der Waals surface area (Å²) in [4.78, 5) is 26.7. The van der Waals surface area contributed by atoms with Crippen LogP contribution in [0.25, 0.3) is 11.0 Å². The molecule has 0 saturated heterocycles. The highest BCUT2D eigenvalue weighted by Crippen LogP contribution is 2.27. The lowest BCUT2D eigenvalue weighted by atomic mass is 9.98. The van der Waals surface area contributed by atoms with Crippen molar-refractivity contribution in [1.82, 2.24) is 14.8 Å². The molecule has 0 saturated carbocycles. The Bertz CT molecular complexity index is 718. The standard InChI is InChI=1S/C13H15N3O4/c1-4-6-8-7(5-2)15-16(3)11(8)14-10(13(19)20)9(6)12(17)18/h4-5H2,1-3H3,(H,17,18)(H,19,20). The van der Waals surface area contributed by atoms with Crippen molar-refractivity contribution in [3.8, 4) is 0 Å². The Kier molecular flexibility index (Phi) is 3.44. The largest absolute Gasteiger partial charge is 0.478 e. The second kappa shape index (κ2) is 4.92. The van der Waals surface area contributed by atoms with Crippen molar-refractivity contribution in [3.05, 3.63) is 22.5 Å². The number of carbonyl (C=O) groups is 2. The van der Waals surface area contributed by atoms with Crippen molar-refractivity contribution in [2.45, 2.75) is 26.7 Å². The summed E-state index contributed by atoms with van der Waals surface area (Å²) in [6, 6.07) is 0. The second-order valence-corrected chi connectivity index (χ2v) is 4.40. The first kappa shape index (κ1) is 14.0. The third kappa shape index (κ3) is 1.91. The molecule has 0 aliphatic heterocycles.